The van der Waals surface area contributed by atoms with Crippen molar-refractivity contribution in [1.29, 1.82) is 0 Å². The van der Waals surface area contributed by atoms with E-state index in [2.05, 4.69) is 61.8 Å². The summed E-state index contributed by atoms with van der Waals surface area (Å²) in [7, 11) is 2.82. The van der Waals surface area contributed by atoms with Gasteiger partial charge in [0.25, 0.3) is 0 Å². The van der Waals surface area contributed by atoms with Gasteiger partial charge in [-0.05, 0) is 140 Å². The molecule has 0 saturated carbocycles. The third-order valence-corrected chi connectivity index (χ3v) is 16.1. The van der Waals surface area contributed by atoms with Crippen molar-refractivity contribution in [3.8, 4) is 0 Å². The molecule has 528 valence electrons. The molecular weight excluding hydrogens is 1280 g/mol. The molecule has 99 heavy (non-hydrogen) atoms. The summed E-state index contributed by atoms with van der Waals surface area (Å²) in [5.41, 5.74) is 25.9. The molecule has 0 fully saturated rings. The van der Waals surface area contributed by atoms with Crippen LogP contribution >= 0.6 is 0 Å². The Morgan fingerprint density at radius 2 is 0.657 bits per heavy atom. The number of rotatable bonds is 16. The summed E-state index contributed by atoms with van der Waals surface area (Å²) in [6, 6.07) is 39.4. The van der Waals surface area contributed by atoms with Crippen LogP contribution in [0, 0.1) is 27.7 Å². The molecular formula is C74H86N4O21. The van der Waals surface area contributed by atoms with Crippen molar-refractivity contribution in [3.05, 3.63) is 235 Å². The Hall–Kier alpha value is -11.0. The maximum Gasteiger partial charge on any atom is 0.349 e. The molecule has 4 heterocycles. The zero-order valence-corrected chi connectivity index (χ0v) is 54.5. The van der Waals surface area contributed by atoms with Gasteiger partial charge in [-0.15, -0.1) is 0 Å². The predicted molar refractivity (Wildman–Crippen MR) is 363 cm³/mol. The molecule has 0 spiro atoms. The Balaban J connectivity index is 0.000000275. The fourth-order valence-corrected chi connectivity index (χ4v) is 10.8. The lowest BCUT2D eigenvalue weighted by Gasteiger charge is -2.41. The third kappa shape index (κ3) is 21.5. The van der Waals surface area contributed by atoms with Crippen molar-refractivity contribution in [2.75, 3.05) is 47.0 Å². The Morgan fingerprint density at radius 1 is 0.424 bits per heavy atom. The van der Waals surface area contributed by atoms with Gasteiger partial charge in [-0.3, -0.25) is 9.80 Å². The highest BCUT2D eigenvalue weighted by Crippen LogP contribution is 2.40. The lowest BCUT2D eigenvalue weighted by molar-refractivity contribution is -0.166. The van der Waals surface area contributed by atoms with E-state index in [1.807, 2.05) is 0 Å². The summed E-state index contributed by atoms with van der Waals surface area (Å²) in [5, 5.41) is 44.5. The predicted octanol–water partition coefficient (Wildman–Crippen LogP) is 8.47. The summed E-state index contributed by atoms with van der Waals surface area (Å²) in [5.74, 6) is -11.9. The summed E-state index contributed by atoms with van der Waals surface area (Å²) in [4.78, 5) is 122. The Bertz CT molecular complexity index is 3510. The molecule has 0 aromatic heterocycles. The zero-order chi connectivity index (χ0) is 71.2. The molecule has 6 aromatic carbocycles. The Labute approximate surface area is 574 Å². The van der Waals surface area contributed by atoms with Crippen LogP contribution in [0.25, 0.3) is 0 Å². The summed E-state index contributed by atoms with van der Waals surface area (Å²) in [6.07, 6.45) is -5.39. The van der Waals surface area contributed by atoms with Crippen LogP contribution in [0.15, 0.2) is 168 Å². The number of hydrogen-bond acceptors (Lipinski definition) is 21. The molecule has 4 aliphatic rings. The summed E-state index contributed by atoms with van der Waals surface area (Å²) < 4.78 is 28.7. The van der Waals surface area contributed by atoms with E-state index in [0.29, 0.717) is 60.6 Å². The molecule has 9 N–H and O–H groups in total. The highest BCUT2D eigenvalue weighted by Gasteiger charge is 2.43. The lowest BCUT2D eigenvalue weighted by atomic mass is 9.84. The standard InChI is InChI=1S/2C18H14O8.2C17H22N2O2.C2H6O.2CH4/c2*19-15(20)13(25-17(23)11-7-3-1-4-8-11)14(16(21)22)26-18(24)12-9-5-2-6-10-12;2*1-10-6-12-4-5-19-9-14(17(20)21-3)15(18)8-16(19)13(12)7-11(10)2;1-2-3;;/h2*1-10,13-14H,(H,19,20)(H,21,22);2*6-7,16H,4-5,8-9,18H2,1-3H3;3H,2H2,1H3;2*1H4/t2*13-,14-;16-;;;;/m000..../s1. The Morgan fingerprint density at radius 3 is 0.879 bits per heavy atom. The number of hydrogen-bond donors (Lipinski definition) is 7. The third-order valence-electron chi connectivity index (χ3n) is 16.1. The largest absolute Gasteiger partial charge is 0.478 e. The number of aliphatic carboxylic acids is 4. The molecule has 0 radical (unpaired) electrons. The van der Waals surface area contributed by atoms with Crippen molar-refractivity contribution < 1.29 is 102 Å². The van der Waals surface area contributed by atoms with Crippen LogP contribution in [0.1, 0.15) is 133 Å². The number of carboxylic acids is 4. The van der Waals surface area contributed by atoms with Crippen molar-refractivity contribution in [2.24, 2.45) is 11.5 Å². The van der Waals surface area contributed by atoms with Gasteiger partial charge in [0.05, 0.1) is 47.6 Å². The number of ether oxygens (including phenoxy) is 6. The van der Waals surface area contributed by atoms with E-state index < -0.39 is 72.2 Å². The van der Waals surface area contributed by atoms with E-state index in [1.54, 1.807) is 31.2 Å². The number of esters is 6. The molecule has 4 aliphatic heterocycles. The van der Waals surface area contributed by atoms with Gasteiger partial charge < -0.3 is 65.4 Å². The molecule has 0 bridgehead atoms. The van der Waals surface area contributed by atoms with Crippen LogP contribution in [-0.4, -0.2) is 166 Å². The number of aryl methyl sites for hydroxylation is 4. The first-order valence-electron chi connectivity index (χ1n) is 30.6. The number of benzene rings is 6. The maximum absolute atomic E-state index is 12.0. The second-order valence-electron chi connectivity index (χ2n) is 22.6. The first-order chi connectivity index (χ1) is 46.2. The van der Waals surface area contributed by atoms with Crippen molar-refractivity contribution in [2.45, 2.75) is 112 Å². The van der Waals surface area contributed by atoms with Crippen LogP contribution in [0.5, 0.6) is 0 Å². The van der Waals surface area contributed by atoms with Gasteiger partial charge in [-0.2, -0.15) is 0 Å². The first-order valence-corrected chi connectivity index (χ1v) is 30.6. The van der Waals surface area contributed by atoms with Crippen LogP contribution in [0.2, 0.25) is 0 Å². The molecule has 1 unspecified atom stereocenters. The number of carbonyl (C=O) groups excluding carboxylic acids is 6. The van der Waals surface area contributed by atoms with Gasteiger partial charge in [-0.1, -0.05) is 112 Å². The number of nitrogens with two attached hydrogens (primary N) is 2. The van der Waals surface area contributed by atoms with Crippen molar-refractivity contribution in [1.82, 2.24) is 9.80 Å². The number of carbonyl (C=O) groups is 10. The molecule has 25 heteroatoms. The quantitative estimate of drug-likeness (QED) is 0.0353. The van der Waals surface area contributed by atoms with E-state index in [4.69, 9.17) is 45.0 Å². The van der Waals surface area contributed by atoms with Gasteiger partial charge in [0.1, 0.15) is 0 Å². The number of carboxylic acid groups (broad SMARTS) is 4. The molecule has 10 rings (SSSR count). The van der Waals surface area contributed by atoms with Gasteiger partial charge >= 0.3 is 59.7 Å². The van der Waals surface area contributed by atoms with E-state index >= 15 is 0 Å². The van der Waals surface area contributed by atoms with E-state index in [9.17, 15) is 68.4 Å². The molecule has 6 atom stereocenters. The molecule has 0 saturated heterocycles. The fourth-order valence-electron chi connectivity index (χ4n) is 10.8. The average Bonchev–Trinajstić information content (AvgIpc) is 0.782. The van der Waals surface area contributed by atoms with E-state index in [1.165, 1.54) is 156 Å². The number of fused-ring (bicyclic) bond motifs is 6. The lowest BCUT2D eigenvalue weighted by Crippen LogP contribution is -2.45. The minimum absolute atomic E-state index is 0. The molecule has 6 aromatic rings. The molecule has 25 nitrogen and oxygen atoms in total. The number of nitrogens with zero attached hydrogens (tertiary/aromatic N) is 2. The zero-order valence-electron chi connectivity index (χ0n) is 54.5. The number of methoxy groups -OCH3 is 2. The normalized spacial score (nSPS) is 16.0. The van der Waals surface area contributed by atoms with Crippen LogP contribution in [0.4, 0.5) is 0 Å². The van der Waals surface area contributed by atoms with Gasteiger partial charge in [0.15, 0.2) is 0 Å². The Kier molecular flexibility index (Phi) is 30.9. The van der Waals surface area contributed by atoms with E-state index in [-0.39, 0.29) is 55.7 Å². The van der Waals surface area contributed by atoms with Crippen molar-refractivity contribution >= 4 is 59.7 Å². The highest BCUT2D eigenvalue weighted by molar-refractivity contribution is 5.97. The summed E-state index contributed by atoms with van der Waals surface area (Å²) in [6.45, 7) is 13.7. The first kappa shape index (κ1) is 80.4. The smallest absolute Gasteiger partial charge is 0.349 e. The second-order valence-corrected chi connectivity index (χ2v) is 22.6. The minimum atomic E-state index is -2.21. The number of aliphatic hydroxyl groups excluding tert-OH is 1. The van der Waals surface area contributed by atoms with Gasteiger partial charge in [0.2, 0.25) is 24.4 Å². The topological polar surface area (TPSA) is 386 Å². The van der Waals surface area contributed by atoms with Crippen LogP contribution in [-0.2, 0) is 70.0 Å². The maximum atomic E-state index is 12.0. The van der Waals surface area contributed by atoms with E-state index in [0.717, 1.165) is 25.9 Å². The fraction of sp³-hybridized carbons (Fsp3) is 0.324. The van der Waals surface area contributed by atoms with Crippen LogP contribution < -0.4 is 11.5 Å². The van der Waals surface area contributed by atoms with Gasteiger partial charge in [-0.25, -0.2) is 47.9 Å². The SMILES string of the molecule is C.C.CCO.COC(=O)C1=C(N)CC2c3cc(C)c(C)cc3CCN2C1.COC(=O)C1=C(N)C[C@H]2c3cc(C)c(C)cc3CCN2C1.O=C(O[C@H](C(=O)O)[C@H](OC(=O)c1ccccc1)C(=O)O)c1ccccc1.O=C(O[C@H](C(=O)O)[C@H](OC(=O)c1ccccc1)C(=O)O)c1ccccc1. The van der Waals surface area contributed by atoms with Crippen molar-refractivity contribution in [3.63, 3.8) is 0 Å². The highest BCUT2D eigenvalue weighted by atomic mass is 16.6. The minimum Gasteiger partial charge on any atom is -0.478 e. The van der Waals surface area contributed by atoms with Gasteiger partial charge in [0, 0.05) is 69.1 Å². The second kappa shape index (κ2) is 38.1. The molecule has 0 aliphatic carbocycles. The van der Waals surface area contributed by atoms with Crippen LogP contribution in [0.3, 0.4) is 0 Å². The number of aliphatic hydroxyl groups is 1. The monoisotopic (exact) mass is 1370 g/mol. The summed E-state index contributed by atoms with van der Waals surface area (Å²) >= 11 is 0. The average molecular weight is 1370 g/mol. The molecule has 0 amide bonds.